The number of rotatable bonds is 3. The summed E-state index contributed by atoms with van der Waals surface area (Å²) in [6, 6.07) is -0.0651. The molecule has 0 bridgehead atoms. The van der Waals surface area contributed by atoms with Crippen molar-refractivity contribution in [3.8, 4) is 0 Å². The van der Waals surface area contributed by atoms with Gasteiger partial charge in [0, 0.05) is 17.3 Å². The molecule has 0 atom stereocenters. The van der Waals surface area contributed by atoms with Gasteiger partial charge in [0.2, 0.25) is 0 Å². The minimum atomic E-state index is -1.04. The first-order valence-corrected chi connectivity index (χ1v) is 7.68. The lowest BCUT2D eigenvalue weighted by atomic mass is 9.95. The van der Waals surface area contributed by atoms with Crippen molar-refractivity contribution in [2.24, 2.45) is 0 Å². The summed E-state index contributed by atoms with van der Waals surface area (Å²) in [7, 11) is 0. The van der Waals surface area contributed by atoms with Crippen LogP contribution in [0.25, 0.3) is 0 Å². The SMILES string of the molecule is O=C(O)Cn1c2c(c(=O)n(C3CCCCC3)c1=O)CCC2. The van der Waals surface area contributed by atoms with Crippen LogP contribution in [0, 0.1) is 0 Å². The second kappa shape index (κ2) is 5.50. The Labute approximate surface area is 122 Å². The fourth-order valence-corrected chi connectivity index (χ4v) is 3.69. The molecule has 0 spiro atoms. The molecule has 1 fully saturated rings. The largest absolute Gasteiger partial charge is 0.480 e. The van der Waals surface area contributed by atoms with Crippen molar-refractivity contribution in [1.29, 1.82) is 0 Å². The second-order valence-corrected chi connectivity index (χ2v) is 6.01. The number of hydrogen-bond acceptors (Lipinski definition) is 3. The fraction of sp³-hybridized carbons (Fsp3) is 0.667. The molecular weight excluding hydrogens is 272 g/mol. The van der Waals surface area contributed by atoms with E-state index in [0.717, 1.165) is 38.5 Å². The highest BCUT2D eigenvalue weighted by Crippen LogP contribution is 2.27. The lowest BCUT2D eigenvalue weighted by Crippen LogP contribution is -2.45. The molecule has 1 aromatic heterocycles. The molecule has 0 unspecified atom stereocenters. The van der Waals surface area contributed by atoms with Crippen molar-refractivity contribution in [1.82, 2.24) is 9.13 Å². The first-order chi connectivity index (χ1) is 10.1. The number of carbonyl (C=O) groups is 1. The smallest absolute Gasteiger partial charge is 0.332 e. The molecular formula is C15H20N2O4. The van der Waals surface area contributed by atoms with Crippen molar-refractivity contribution in [2.45, 2.75) is 64.0 Å². The molecule has 6 nitrogen and oxygen atoms in total. The summed E-state index contributed by atoms with van der Waals surface area (Å²) in [5.41, 5.74) is 0.678. The lowest BCUT2D eigenvalue weighted by molar-refractivity contribution is -0.137. The molecule has 1 aromatic rings. The van der Waals surface area contributed by atoms with Gasteiger partial charge in [-0.05, 0) is 32.1 Å². The van der Waals surface area contributed by atoms with Gasteiger partial charge in [0.25, 0.3) is 5.56 Å². The van der Waals surface area contributed by atoms with Crippen LogP contribution in [-0.2, 0) is 24.2 Å². The number of fused-ring (bicyclic) bond motifs is 1. The van der Waals surface area contributed by atoms with Crippen LogP contribution in [0.1, 0.15) is 55.8 Å². The molecule has 21 heavy (non-hydrogen) atoms. The van der Waals surface area contributed by atoms with Gasteiger partial charge in [0.1, 0.15) is 6.54 Å². The van der Waals surface area contributed by atoms with Gasteiger partial charge in [-0.15, -0.1) is 0 Å². The van der Waals surface area contributed by atoms with Crippen LogP contribution < -0.4 is 11.2 Å². The molecule has 0 aromatic carbocycles. The van der Waals surface area contributed by atoms with E-state index in [1.165, 1.54) is 9.13 Å². The minimum Gasteiger partial charge on any atom is -0.480 e. The number of carboxylic acid groups (broad SMARTS) is 1. The van der Waals surface area contributed by atoms with Gasteiger partial charge < -0.3 is 5.11 Å². The molecule has 114 valence electrons. The zero-order valence-electron chi connectivity index (χ0n) is 12.0. The van der Waals surface area contributed by atoms with Gasteiger partial charge in [-0.25, -0.2) is 4.79 Å². The van der Waals surface area contributed by atoms with E-state index in [2.05, 4.69) is 0 Å². The van der Waals surface area contributed by atoms with E-state index >= 15 is 0 Å². The van der Waals surface area contributed by atoms with Gasteiger partial charge in [0.05, 0.1) is 0 Å². The maximum atomic E-state index is 12.6. The fourth-order valence-electron chi connectivity index (χ4n) is 3.69. The lowest BCUT2D eigenvalue weighted by Gasteiger charge is -2.25. The monoisotopic (exact) mass is 292 g/mol. The Hall–Kier alpha value is -1.85. The quantitative estimate of drug-likeness (QED) is 0.904. The molecule has 2 aliphatic carbocycles. The average Bonchev–Trinajstić information content (AvgIpc) is 2.94. The van der Waals surface area contributed by atoms with Crippen LogP contribution in [-0.4, -0.2) is 20.2 Å². The van der Waals surface area contributed by atoms with E-state index < -0.39 is 11.7 Å². The Morgan fingerprint density at radius 3 is 2.48 bits per heavy atom. The number of aliphatic carboxylic acids is 1. The molecule has 0 radical (unpaired) electrons. The third-order valence-corrected chi connectivity index (χ3v) is 4.66. The maximum absolute atomic E-state index is 12.6. The zero-order valence-corrected chi connectivity index (χ0v) is 12.0. The molecule has 2 aliphatic rings. The number of hydrogen-bond donors (Lipinski definition) is 1. The van der Waals surface area contributed by atoms with E-state index in [1.807, 2.05) is 0 Å². The van der Waals surface area contributed by atoms with Crippen molar-refractivity contribution in [3.63, 3.8) is 0 Å². The first kappa shape index (κ1) is 14.1. The normalized spacial score (nSPS) is 18.7. The third-order valence-electron chi connectivity index (χ3n) is 4.66. The highest BCUT2D eigenvalue weighted by molar-refractivity contribution is 5.66. The maximum Gasteiger partial charge on any atom is 0.332 e. The van der Waals surface area contributed by atoms with Gasteiger partial charge in [-0.2, -0.15) is 0 Å². The van der Waals surface area contributed by atoms with Crippen LogP contribution in [0.3, 0.4) is 0 Å². The number of nitrogens with zero attached hydrogens (tertiary/aromatic N) is 2. The predicted octanol–water partition coefficient (Wildman–Crippen LogP) is 1.09. The molecule has 0 amide bonds. The summed E-state index contributed by atoms with van der Waals surface area (Å²) in [4.78, 5) is 36.3. The predicted molar refractivity (Wildman–Crippen MR) is 76.7 cm³/mol. The van der Waals surface area contributed by atoms with E-state index in [9.17, 15) is 14.4 Å². The molecule has 0 aliphatic heterocycles. The Morgan fingerprint density at radius 1 is 1.10 bits per heavy atom. The molecule has 1 N–H and O–H groups in total. The summed E-state index contributed by atoms with van der Waals surface area (Å²) < 4.78 is 2.65. The molecule has 3 rings (SSSR count). The van der Waals surface area contributed by atoms with Crippen LogP contribution in [0.2, 0.25) is 0 Å². The Kier molecular flexibility index (Phi) is 3.69. The summed E-state index contributed by atoms with van der Waals surface area (Å²) in [5.74, 6) is -1.04. The highest BCUT2D eigenvalue weighted by atomic mass is 16.4. The van der Waals surface area contributed by atoms with Crippen LogP contribution in [0.5, 0.6) is 0 Å². The van der Waals surface area contributed by atoms with E-state index in [4.69, 9.17) is 5.11 Å². The van der Waals surface area contributed by atoms with Crippen molar-refractivity contribution >= 4 is 5.97 Å². The Morgan fingerprint density at radius 2 is 1.81 bits per heavy atom. The Bertz CT molecular complexity index is 680. The Balaban J connectivity index is 2.17. The molecule has 0 saturated heterocycles. The summed E-state index contributed by atoms with van der Waals surface area (Å²) in [5, 5.41) is 9.05. The number of aromatic nitrogens is 2. The average molecular weight is 292 g/mol. The summed E-state index contributed by atoms with van der Waals surface area (Å²) in [6.07, 6.45) is 6.94. The van der Waals surface area contributed by atoms with Crippen LogP contribution in [0.15, 0.2) is 9.59 Å². The third kappa shape index (κ3) is 2.43. The van der Waals surface area contributed by atoms with Crippen LogP contribution in [0.4, 0.5) is 0 Å². The van der Waals surface area contributed by atoms with Crippen molar-refractivity contribution < 1.29 is 9.90 Å². The topological polar surface area (TPSA) is 81.3 Å². The van der Waals surface area contributed by atoms with Gasteiger partial charge >= 0.3 is 11.7 Å². The van der Waals surface area contributed by atoms with Crippen molar-refractivity contribution in [2.75, 3.05) is 0 Å². The van der Waals surface area contributed by atoms with Crippen molar-refractivity contribution in [3.05, 3.63) is 32.1 Å². The van der Waals surface area contributed by atoms with Gasteiger partial charge in [-0.1, -0.05) is 19.3 Å². The molecule has 1 heterocycles. The molecule has 6 heteroatoms. The first-order valence-electron chi connectivity index (χ1n) is 7.68. The minimum absolute atomic E-state index is 0.0651. The second-order valence-electron chi connectivity index (χ2n) is 6.01. The van der Waals surface area contributed by atoms with Gasteiger partial charge in [-0.3, -0.25) is 18.7 Å². The van der Waals surface area contributed by atoms with E-state index in [-0.39, 0.29) is 18.1 Å². The van der Waals surface area contributed by atoms with Crippen LogP contribution >= 0.6 is 0 Å². The van der Waals surface area contributed by atoms with E-state index in [0.29, 0.717) is 24.1 Å². The van der Waals surface area contributed by atoms with Gasteiger partial charge in [0.15, 0.2) is 0 Å². The zero-order chi connectivity index (χ0) is 15.0. The molecule has 1 saturated carbocycles. The summed E-state index contributed by atoms with van der Waals surface area (Å²) >= 11 is 0. The number of carboxylic acids is 1. The standard InChI is InChI=1S/C15H20N2O4/c18-13(19)9-16-12-8-4-7-11(12)14(20)17(15(16)21)10-5-2-1-3-6-10/h10H,1-9H2,(H,18,19). The highest BCUT2D eigenvalue weighted by Gasteiger charge is 2.27. The van der Waals surface area contributed by atoms with E-state index in [1.54, 1.807) is 0 Å². The summed E-state index contributed by atoms with van der Waals surface area (Å²) in [6.45, 7) is -0.353.